The lowest BCUT2D eigenvalue weighted by Crippen LogP contribution is -2.48. The number of carbonyl (C=O) groups is 3. The van der Waals surface area contributed by atoms with Crippen LogP contribution in [0.2, 0.25) is 0 Å². The molecule has 0 bridgehead atoms. The first-order valence-electron chi connectivity index (χ1n) is 6.03. The summed E-state index contributed by atoms with van der Waals surface area (Å²) in [4.78, 5) is 36.0. The van der Waals surface area contributed by atoms with Gasteiger partial charge in [-0.1, -0.05) is 18.7 Å². The SMILES string of the molecule is CCCNC(=O)C(C)NC(=O)CN1CCSC1=O. The Labute approximate surface area is 111 Å². The molecule has 18 heavy (non-hydrogen) atoms. The van der Waals surface area contributed by atoms with Crippen LogP contribution in [0.3, 0.4) is 0 Å². The molecule has 0 aliphatic carbocycles. The average Bonchev–Trinajstić information content (AvgIpc) is 2.71. The number of nitrogens with zero attached hydrogens (tertiary/aromatic N) is 1. The van der Waals surface area contributed by atoms with Crippen molar-refractivity contribution in [2.75, 3.05) is 25.4 Å². The minimum Gasteiger partial charge on any atom is -0.354 e. The first-order valence-corrected chi connectivity index (χ1v) is 7.02. The molecular weight excluding hydrogens is 254 g/mol. The predicted octanol–water partition coefficient (Wildman–Crippen LogP) is 0.186. The van der Waals surface area contributed by atoms with Crippen molar-refractivity contribution in [1.29, 1.82) is 0 Å². The van der Waals surface area contributed by atoms with Crippen LogP contribution in [0.5, 0.6) is 0 Å². The van der Waals surface area contributed by atoms with Crippen LogP contribution in [-0.2, 0) is 9.59 Å². The van der Waals surface area contributed by atoms with E-state index in [1.165, 1.54) is 16.7 Å². The van der Waals surface area contributed by atoms with Gasteiger partial charge in [0, 0.05) is 18.8 Å². The molecule has 1 fully saturated rings. The minimum absolute atomic E-state index is 0.0250. The summed E-state index contributed by atoms with van der Waals surface area (Å²) in [6.07, 6.45) is 0.853. The maximum atomic E-state index is 11.6. The minimum atomic E-state index is -0.575. The van der Waals surface area contributed by atoms with Gasteiger partial charge in [0.2, 0.25) is 11.8 Å². The first kappa shape index (κ1) is 14.8. The molecule has 3 amide bonds. The lowest BCUT2D eigenvalue weighted by atomic mass is 10.3. The Balaban J connectivity index is 2.30. The zero-order valence-electron chi connectivity index (χ0n) is 10.7. The number of carbonyl (C=O) groups excluding carboxylic acids is 3. The summed E-state index contributed by atoms with van der Waals surface area (Å²) in [6, 6.07) is -0.575. The number of hydrogen-bond donors (Lipinski definition) is 2. The first-order chi connectivity index (χ1) is 8.54. The summed E-state index contributed by atoms with van der Waals surface area (Å²) in [5.41, 5.74) is 0. The summed E-state index contributed by atoms with van der Waals surface area (Å²) < 4.78 is 0. The highest BCUT2D eigenvalue weighted by molar-refractivity contribution is 8.13. The van der Waals surface area contributed by atoms with Crippen molar-refractivity contribution < 1.29 is 14.4 Å². The van der Waals surface area contributed by atoms with Gasteiger partial charge in [-0.3, -0.25) is 14.4 Å². The molecule has 6 nitrogen and oxygen atoms in total. The molecule has 0 aromatic heterocycles. The van der Waals surface area contributed by atoms with Crippen LogP contribution < -0.4 is 10.6 Å². The van der Waals surface area contributed by atoms with E-state index in [0.717, 1.165) is 12.2 Å². The second kappa shape index (κ2) is 7.25. The Morgan fingerprint density at radius 3 is 2.78 bits per heavy atom. The Morgan fingerprint density at radius 1 is 1.50 bits per heavy atom. The molecule has 0 radical (unpaired) electrons. The second-order valence-corrected chi connectivity index (χ2v) is 5.16. The van der Waals surface area contributed by atoms with Crippen molar-refractivity contribution in [2.45, 2.75) is 26.3 Å². The zero-order chi connectivity index (χ0) is 13.5. The van der Waals surface area contributed by atoms with Crippen molar-refractivity contribution in [3.8, 4) is 0 Å². The van der Waals surface area contributed by atoms with E-state index in [9.17, 15) is 14.4 Å². The third-order valence-electron chi connectivity index (χ3n) is 2.50. The summed E-state index contributed by atoms with van der Waals surface area (Å²) in [6.45, 7) is 4.80. The van der Waals surface area contributed by atoms with Gasteiger partial charge in [-0.05, 0) is 13.3 Å². The van der Waals surface area contributed by atoms with Crippen LogP contribution in [0.1, 0.15) is 20.3 Å². The fourth-order valence-corrected chi connectivity index (χ4v) is 2.32. The molecule has 1 atom stereocenters. The normalized spacial score (nSPS) is 16.6. The molecule has 0 aromatic rings. The van der Waals surface area contributed by atoms with Crippen molar-refractivity contribution in [1.82, 2.24) is 15.5 Å². The molecule has 7 heteroatoms. The Hall–Kier alpha value is -1.24. The van der Waals surface area contributed by atoms with Crippen LogP contribution >= 0.6 is 11.8 Å². The van der Waals surface area contributed by atoms with E-state index in [-0.39, 0.29) is 23.6 Å². The van der Waals surface area contributed by atoms with E-state index < -0.39 is 6.04 Å². The molecule has 1 aliphatic heterocycles. The van der Waals surface area contributed by atoms with E-state index in [0.29, 0.717) is 13.1 Å². The third kappa shape index (κ3) is 4.56. The average molecular weight is 273 g/mol. The van der Waals surface area contributed by atoms with Gasteiger partial charge in [0.1, 0.15) is 12.6 Å². The van der Waals surface area contributed by atoms with Crippen molar-refractivity contribution in [2.24, 2.45) is 0 Å². The highest BCUT2D eigenvalue weighted by Crippen LogP contribution is 2.16. The van der Waals surface area contributed by atoms with E-state index in [1.807, 2.05) is 6.92 Å². The largest absolute Gasteiger partial charge is 0.354 e. The predicted molar refractivity (Wildman–Crippen MR) is 70.3 cm³/mol. The Morgan fingerprint density at radius 2 is 2.22 bits per heavy atom. The zero-order valence-corrected chi connectivity index (χ0v) is 11.5. The Bertz CT molecular complexity index is 335. The van der Waals surface area contributed by atoms with Gasteiger partial charge in [0.05, 0.1) is 0 Å². The topological polar surface area (TPSA) is 78.5 Å². The van der Waals surface area contributed by atoms with E-state index in [1.54, 1.807) is 6.92 Å². The third-order valence-corrected chi connectivity index (χ3v) is 3.39. The van der Waals surface area contributed by atoms with Gasteiger partial charge in [-0.2, -0.15) is 0 Å². The van der Waals surface area contributed by atoms with Crippen LogP contribution in [0.15, 0.2) is 0 Å². The van der Waals surface area contributed by atoms with Crippen LogP contribution in [0.4, 0.5) is 4.79 Å². The quantitative estimate of drug-likeness (QED) is 0.724. The van der Waals surface area contributed by atoms with Gasteiger partial charge in [0.25, 0.3) is 5.24 Å². The van der Waals surface area contributed by atoms with E-state index in [4.69, 9.17) is 0 Å². The molecule has 1 saturated heterocycles. The molecule has 0 aromatic carbocycles. The maximum Gasteiger partial charge on any atom is 0.282 e. The molecule has 0 saturated carbocycles. The lowest BCUT2D eigenvalue weighted by molar-refractivity contribution is -0.128. The van der Waals surface area contributed by atoms with Crippen LogP contribution in [-0.4, -0.2) is 53.4 Å². The molecule has 1 aliphatic rings. The van der Waals surface area contributed by atoms with Gasteiger partial charge in [-0.15, -0.1) is 0 Å². The number of amides is 3. The van der Waals surface area contributed by atoms with E-state index in [2.05, 4.69) is 10.6 Å². The highest BCUT2D eigenvalue weighted by Gasteiger charge is 2.24. The molecule has 2 N–H and O–H groups in total. The van der Waals surface area contributed by atoms with Crippen molar-refractivity contribution in [3.05, 3.63) is 0 Å². The molecule has 0 spiro atoms. The molecule has 1 unspecified atom stereocenters. The number of nitrogens with one attached hydrogen (secondary N) is 2. The highest BCUT2D eigenvalue weighted by atomic mass is 32.2. The molecule has 1 heterocycles. The van der Waals surface area contributed by atoms with E-state index >= 15 is 0 Å². The lowest BCUT2D eigenvalue weighted by Gasteiger charge is -2.17. The number of thioether (sulfide) groups is 1. The Kier molecular flexibility index (Phi) is 5.97. The molecule has 102 valence electrons. The van der Waals surface area contributed by atoms with Gasteiger partial charge in [0.15, 0.2) is 0 Å². The fourth-order valence-electron chi connectivity index (χ4n) is 1.50. The van der Waals surface area contributed by atoms with Gasteiger partial charge in [-0.25, -0.2) is 0 Å². The van der Waals surface area contributed by atoms with Crippen molar-refractivity contribution >= 4 is 28.8 Å². The standard InChI is InChI=1S/C11H19N3O3S/c1-3-4-12-10(16)8(2)13-9(15)7-14-5-6-18-11(14)17/h8H,3-7H2,1-2H3,(H,12,16)(H,13,15). The monoisotopic (exact) mass is 273 g/mol. The summed E-state index contributed by atoms with van der Waals surface area (Å²) in [7, 11) is 0. The maximum absolute atomic E-state index is 11.6. The smallest absolute Gasteiger partial charge is 0.282 e. The van der Waals surface area contributed by atoms with Crippen molar-refractivity contribution in [3.63, 3.8) is 0 Å². The van der Waals surface area contributed by atoms with Crippen LogP contribution in [0.25, 0.3) is 0 Å². The number of rotatable bonds is 6. The summed E-state index contributed by atoms with van der Waals surface area (Å²) in [5, 5.41) is 5.21. The number of hydrogen-bond acceptors (Lipinski definition) is 4. The second-order valence-electron chi connectivity index (χ2n) is 4.12. The molecular formula is C11H19N3O3S. The fraction of sp³-hybridized carbons (Fsp3) is 0.727. The van der Waals surface area contributed by atoms with Gasteiger partial charge < -0.3 is 15.5 Å². The molecule has 1 rings (SSSR count). The van der Waals surface area contributed by atoms with Gasteiger partial charge >= 0.3 is 0 Å². The van der Waals surface area contributed by atoms with Crippen LogP contribution in [0, 0.1) is 0 Å². The summed E-state index contributed by atoms with van der Waals surface area (Å²) in [5.74, 6) is 0.218. The summed E-state index contributed by atoms with van der Waals surface area (Å²) >= 11 is 1.21.